The minimum atomic E-state index is -3.90. The second-order valence-electron chi connectivity index (χ2n) is 7.50. The summed E-state index contributed by atoms with van der Waals surface area (Å²) in [5, 5.41) is 2.89. The number of rotatable bonds is 7. The number of nitrogens with one attached hydrogen (secondary N) is 2. The molecule has 0 aliphatic carbocycles. The molecule has 10 heteroatoms. The van der Waals surface area contributed by atoms with Crippen LogP contribution in [0.5, 0.6) is 0 Å². The maximum absolute atomic E-state index is 12.7. The molecular weight excluding hydrogens is 442 g/mol. The Balaban J connectivity index is 1.44. The van der Waals surface area contributed by atoms with Crippen molar-refractivity contribution in [2.24, 2.45) is 0 Å². The van der Waals surface area contributed by atoms with Crippen molar-refractivity contribution in [3.05, 3.63) is 89.4 Å². The van der Waals surface area contributed by atoms with Crippen LogP contribution in [0.1, 0.15) is 17.0 Å². The van der Waals surface area contributed by atoms with E-state index >= 15 is 0 Å². The lowest BCUT2D eigenvalue weighted by Crippen LogP contribution is -2.31. The Bertz CT molecular complexity index is 1330. The predicted octanol–water partition coefficient (Wildman–Crippen LogP) is 2.76. The standard InChI is InChI=1S/C23H21N5O4S/c1-15-12-16(2)25-23(24-15)27-33(31,32)19-10-8-18(9-11-19)26-20-13-21(29)28(22(20)30)14-17-6-4-3-5-7-17/h3-13,26H,14H2,1-2H3,(H,24,25,27). The predicted molar refractivity (Wildman–Crippen MR) is 122 cm³/mol. The highest BCUT2D eigenvalue weighted by Crippen LogP contribution is 2.21. The zero-order valence-corrected chi connectivity index (χ0v) is 18.8. The molecule has 4 rings (SSSR count). The molecular formula is C23H21N5O4S. The summed E-state index contributed by atoms with van der Waals surface area (Å²) >= 11 is 0. The molecule has 0 saturated carbocycles. The van der Waals surface area contributed by atoms with E-state index in [-0.39, 0.29) is 23.1 Å². The van der Waals surface area contributed by atoms with Crippen molar-refractivity contribution in [1.82, 2.24) is 14.9 Å². The number of nitrogens with zero attached hydrogens (tertiary/aromatic N) is 3. The van der Waals surface area contributed by atoms with E-state index in [1.54, 1.807) is 19.9 Å². The fourth-order valence-electron chi connectivity index (χ4n) is 3.34. The van der Waals surface area contributed by atoms with Gasteiger partial charge in [0.05, 0.1) is 11.4 Å². The van der Waals surface area contributed by atoms with Crippen LogP contribution in [0.4, 0.5) is 11.6 Å². The Kier molecular flexibility index (Phi) is 5.93. The van der Waals surface area contributed by atoms with Crippen molar-refractivity contribution < 1.29 is 18.0 Å². The van der Waals surface area contributed by atoms with Gasteiger partial charge < -0.3 is 5.32 Å². The van der Waals surface area contributed by atoms with Gasteiger partial charge in [-0.2, -0.15) is 0 Å². The largest absolute Gasteiger partial charge is 0.351 e. The summed E-state index contributed by atoms with van der Waals surface area (Å²) < 4.78 is 27.7. The second-order valence-corrected chi connectivity index (χ2v) is 9.18. The van der Waals surface area contributed by atoms with E-state index in [1.165, 1.54) is 30.3 Å². The van der Waals surface area contributed by atoms with Gasteiger partial charge in [0, 0.05) is 23.2 Å². The summed E-state index contributed by atoms with van der Waals surface area (Å²) in [5.74, 6) is -0.870. The maximum atomic E-state index is 12.7. The topological polar surface area (TPSA) is 121 Å². The first-order valence-electron chi connectivity index (χ1n) is 10.0. The number of aromatic nitrogens is 2. The van der Waals surface area contributed by atoms with Crippen LogP contribution in [0.25, 0.3) is 0 Å². The van der Waals surface area contributed by atoms with Gasteiger partial charge >= 0.3 is 0 Å². The van der Waals surface area contributed by atoms with Crippen LogP contribution in [0.3, 0.4) is 0 Å². The number of sulfonamides is 1. The molecule has 3 aromatic rings. The average Bonchev–Trinajstić information content (AvgIpc) is 3.01. The van der Waals surface area contributed by atoms with Crippen molar-refractivity contribution >= 4 is 33.5 Å². The van der Waals surface area contributed by atoms with Gasteiger partial charge in [0.2, 0.25) is 5.95 Å². The van der Waals surface area contributed by atoms with Crippen LogP contribution < -0.4 is 10.0 Å². The van der Waals surface area contributed by atoms with E-state index in [0.29, 0.717) is 17.1 Å². The van der Waals surface area contributed by atoms with E-state index in [1.807, 2.05) is 30.3 Å². The molecule has 0 saturated heterocycles. The van der Waals surface area contributed by atoms with Crippen LogP contribution in [-0.4, -0.2) is 35.1 Å². The third-order valence-electron chi connectivity index (χ3n) is 4.84. The lowest BCUT2D eigenvalue weighted by molar-refractivity contribution is -0.137. The van der Waals surface area contributed by atoms with E-state index < -0.39 is 21.8 Å². The smallest absolute Gasteiger partial charge is 0.277 e. The van der Waals surface area contributed by atoms with Crippen LogP contribution in [0.2, 0.25) is 0 Å². The maximum Gasteiger partial charge on any atom is 0.277 e. The zero-order valence-electron chi connectivity index (χ0n) is 17.9. The third-order valence-corrected chi connectivity index (χ3v) is 6.19. The third kappa shape index (κ3) is 5.07. The number of anilines is 2. The lowest BCUT2D eigenvalue weighted by Gasteiger charge is -2.15. The van der Waals surface area contributed by atoms with Crippen molar-refractivity contribution in [3.63, 3.8) is 0 Å². The van der Waals surface area contributed by atoms with E-state index in [4.69, 9.17) is 0 Å². The lowest BCUT2D eigenvalue weighted by atomic mass is 10.2. The molecule has 1 aliphatic rings. The molecule has 9 nitrogen and oxygen atoms in total. The first kappa shape index (κ1) is 22.2. The summed E-state index contributed by atoms with van der Waals surface area (Å²) in [6.45, 7) is 3.67. The van der Waals surface area contributed by atoms with Gasteiger partial charge in [-0.1, -0.05) is 30.3 Å². The normalized spacial score (nSPS) is 13.8. The minimum absolute atomic E-state index is 0.00400. The zero-order chi connectivity index (χ0) is 23.6. The molecule has 2 heterocycles. The van der Waals surface area contributed by atoms with Crippen molar-refractivity contribution in [2.75, 3.05) is 10.0 Å². The van der Waals surface area contributed by atoms with Crippen LogP contribution in [-0.2, 0) is 26.2 Å². The minimum Gasteiger partial charge on any atom is -0.351 e. The quantitative estimate of drug-likeness (QED) is 0.517. The number of imide groups is 1. The van der Waals surface area contributed by atoms with Crippen molar-refractivity contribution in [3.8, 4) is 0 Å². The summed E-state index contributed by atoms with van der Waals surface area (Å²) in [4.78, 5) is 34.3. The van der Waals surface area contributed by atoms with Gasteiger partial charge in [-0.05, 0) is 49.7 Å². The molecule has 2 N–H and O–H groups in total. The number of carbonyl (C=O) groups excluding carboxylic acids is 2. The van der Waals surface area contributed by atoms with Crippen LogP contribution in [0.15, 0.2) is 77.3 Å². The van der Waals surface area contributed by atoms with Crippen LogP contribution in [0, 0.1) is 13.8 Å². The highest BCUT2D eigenvalue weighted by Gasteiger charge is 2.31. The Morgan fingerprint density at radius 1 is 0.909 bits per heavy atom. The number of carbonyl (C=O) groups is 2. The number of aryl methyl sites for hydroxylation is 2. The number of amides is 2. The molecule has 0 radical (unpaired) electrons. The van der Waals surface area contributed by atoms with Gasteiger partial charge in [0.15, 0.2) is 0 Å². The summed E-state index contributed by atoms with van der Waals surface area (Å²) in [6, 6.07) is 16.7. The van der Waals surface area contributed by atoms with Gasteiger partial charge in [0.1, 0.15) is 5.70 Å². The molecule has 2 aromatic carbocycles. The molecule has 0 unspecified atom stereocenters. The summed E-state index contributed by atoms with van der Waals surface area (Å²) in [5.41, 5.74) is 2.71. The Morgan fingerprint density at radius 2 is 1.55 bits per heavy atom. The first-order valence-corrected chi connectivity index (χ1v) is 11.5. The van der Waals surface area contributed by atoms with E-state index in [2.05, 4.69) is 20.0 Å². The number of hydrogen-bond acceptors (Lipinski definition) is 7. The molecule has 0 fully saturated rings. The average molecular weight is 464 g/mol. The molecule has 0 bridgehead atoms. The van der Waals surface area contributed by atoms with Crippen molar-refractivity contribution in [1.29, 1.82) is 0 Å². The molecule has 1 aromatic heterocycles. The first-order chi connectivity index (χ1) is 15.7. The highest BCUT2D eigenvalue weighted by molar-refractivity contribution is 7.92. The molecule has 0 atom stereocenters. The van der Waals surface area contributed by atoms with E-state index in [9.17, 15) is 18.0 Å². The fourth-order valence-corrected chi connectivity index (χ4v) is 4.28. The number of hydrogen-bond donors (Lipinski definition) is 2. The fraction of sp³-hybridized carbons (Fsp3) is 0.130. The Morgan fingerprint density at radius 3 is 2.18 bits per heavy atom. The molecule has 2 amide bonds. The summed E-state index contributed by atoms with van der Waals surface area (Å²) in [7, 11) is -3.90. The van der Waals surface area contributed by atoms with Gasteiger partial charge in [-0.3, -0.25) is 14.5 Å². The highest BCUT2D eigenvalue weighted by atomic mass is 32.2. The molecule has 0 spiro atoms. The van der Waals surface area contributed by atoms with Crippen LogP contribution >= 0.6 is 0 Å². The second kappa shape index (κ2) is 8.83. The van der Waals surface area contributed by atoms with Gasteiger partial charge in [-0.25, -0.2) is 23.1 Å². The Hall–Kier alpha value is -4.05. The SMILES string of the molecule is Cc1cc(C)nc(NS(=O)(=O)c2ccc(NC3=CC(=O)N(Cc4ccccc4)C3=O)cc2)n1. The molecule has 1 aliphatic heterocycles. The number of benzene rings is 2. The van der Waals surface area contributed by atoms with Gasteiger partial charge in [0.25, 0.3) is 21.8 Å². The van der Waals surface area contributed by atoms with Gasteiger partial charge in [-0.15, -0.1) is 0 Å². The molecule has 168 valence electrons. The monoisotopic (exact) mass is 463 g/mol. The summed E-state index contributed by atoms with van der Waals surface area (Å²) in [6.07, 6.45) is 1.23. The van der Waals surface area contributed by atoms with E-state index in [0.717, 1.165) is 10.5 Å². The van der Waals surface area contributed by atoms with Crippen molar-refractivity contribution in [2.45, 2.75) is 25.3 Å². The molecule has 33 heavy (non-hydrogen) atoms. The Labute approximate surface area is 191 Å².